The van der Waals surface area contributed by atoms with Crippen molar-refractivity contribution in [3.8, 4) is 11.5 Å². The maximum Gasteiger partial charge on any atom is 0.251 e. The molecule has 0 aliphatic heterocycles. The second-order valence-corrected chi connectivity index (χ2v) is 7.28. The molecule has 0 fully saturated rings. The minimum atomic E-state index is -0.190. The van der Waals surface area contributed by atoms with E-state index < -0.39 is 0 Å². The first-order valence-corrected chi connectivity index (χ1v) is 10.3. The number of ether oxygens (including phenoxy) is 2. The summed E-state index contributed by atoms with van der Waals surface area (Å²) in [4.78, 5) is 24.6. The van der Waals surface area contributed by atoms with Crippen molar-refractivity contribution in [3.05, 3.63) is 66.2 Å². The van der Waals surface area contributed by atoms with Crippen molar-refractivity contribution in [2.24, 2.45) is 0 Å². The first-order valence-electron chi connectivity index (χ1n) is 10.3. The van der Waals surface area contributed by atoms with Crippen LogP contribution in [-0.2, 0) is 4.79 Å². The Morgan fingerprint density at radius 1 is 0.906 bits per heavy atom. The van der Waals surface area contributed by atoms with Gasteiger partial charge in [0.15, 0.2) is 0 Å². The van der Waals surface area contributed by atoms with Crippen molar-refractivity contribution in [2.45, 2.75) is 12.8 Å². The van der Waals surface area contributed by atoms with Crippen molar-refractivity contribution in [2.75, 3.05) is 26.1 Å². The molecule has 7 nitrogen and oxygen atoms in total. The number of methoxy groups -OCH3 is 2. The zero-order chi connectivity index (χ0) is 22.5. The number of amides is 2. The summed E-state index contributed by atoms with van der Waals surface area (Å²) in [5.41, 5.74) is 2.54. The van der Waals surface area contributed by atoms with Crippen LogP contribution in [0.3, 0.4) is 0 Å². The van der Waals surface area contributed by atoms with E-state index in [1.807, 2.05) is 30.3 Å². The molecule has 0 radical (unpaired) electrons. The van der Waals surface area contributed by atoms with Gasteiger partial charge in [0.1, 0.15) is 22.7 Å². The molecule has 164 valence electrons. The maximum atomic E-state index is 12.5. The number of carbonyl (C=O) groups is 2. The van der Waals surface area contributed by atoms with Crippen LogP contribution in [0.4, 0.5) is 5.69 Å². The Morgan fingerprint density at radius 3 is 2.44 bits per heavy atom. The SMILES string of the molecule is COc1ccc(C(=O)NCCCC(=O)Nc2cc3oc4ccccc4c3cc2OC)cc1. The average Bonchev–Trinajstić information content (AvgIpc) is 3.18. The molecule has 32 heavy (non-hydrogen) atoms. The molecule has 0 aliphatic rings. The van der Waals surface area contributed by atoms with Crippen LogP contribution in [0.15, 0.2) is 65.1 Å². The van der Waals surface area contributed by atoms with Gasteiger partial charge < -0.3 is 24.5 Å². The third-order valence-corrected chi connectivity index (χ3v) is 5.19. The molecule has 3 aromatic carbocycles. The maximum absolute atomic E-state index is 12.5. The highest BCUT2D eigenvalue weighted by molar-refractivity contribution is 6.07. The third-order valence-electron chi connectivity index (χ3n) is 5.19. The molecular weight excluding hydrogens is 408 g/mol. The summed E-state index contributed by atoms with van der Waals surface area (Å²) in [6.07, 6.45) is 0.757. The number of hydrogen-bond donors (Lipinski definition) is 2. The predicted octanol–water partition coefficient (Wildman–Crippen LogP) is 4.75. The fraction of sp³-hybridized carbons (Fsp3) is 0.200. The number of nitrogens with one attached hydrogen (secondary N) is 2. The minimum Gasteiger partial charge on any atom is -0.497 e. The lowest BCUT2D eigenvalue weighted by atomic mass is 10.1. The predicted molar refractivity (Wildman–Crippen MR) is 123 cm³/mol. The molecule has 1 heterocycles. The van der Waals surface area contributed by atoms with Gasteiger partial charge in [-0.05, 0) is 42.8 Å². The van der Waals surface area contributed by atoms with Crippen LogP contribution in [0, 0.1) is 0 Å². The molecule has 1 aromatic heterocycles. The van der Waals surface area contributed by atoms with Gasteiger partial charge in [0.2, 0.25) is 5.91 Å². The van der Waals surface area contributed by atoms with Crippen LogP contribution in [0.1, 0.15) is 23.2 Å². The highest BCUT2D eigenvalue weighted by Crippen LogP contribution is 2.36. The van der Waals surface area contributed by atoms with Gasteiger partial charge in [-0.3, -0.25) is 9.59 Å². The lowest BCUT2D eigenvalue weighted by molar-refractivity contribution is -0.116. The number of furan rings is 1. The zero-order valence-corrected chi connectivity index (χ0v) is 17.9. The number of hydrogen-bond acceptors (Lipinski definition) is 5. The van der Waals surface area contributed by atoms with Crippen LogP contribution in [0.2, 0.25) is 0 Å². The Balaban J connectivity index is 1.34. The van der Waals surface area contributed by atoms with Gasteiger partial charge in [0.05, 0.1) is 19.9 Å². The summed E-state index contributed by atoms with van der Waals surface area (Å²) in [5, 5.41) is 7.62. The summed E-state index contributed by atoms with van der Waals surface area (Å²) in [6.45, 7) is 0.387. The molecule has 0 bridgehead atoms. The van der Waals surface area contributed by atoms with Crippen molar-refractivity contribution in [3.63, 3.8) is 0 Å². The number of anilines is 1. The van der Waals surface area contributed by atoms with Crippen LogP contribution >= 0.6 is 0 Å². The van der Waals surface area contributed by atoms with E-state index in [0.29, 0.717) is 41.3 Å². The quantitative estimate of drug-likeness (QED) is 0.392. The van der Waals surface area contributed by atoms with Gasteiger partial charge in [-0.1, -0.05) is 18.2 Å². The van der Waals surface area contributed by atoms with E-state index in [0.717, 1.165) is 16.4 Å². The van der Waals surface area contributed by atoms with E-state index in [4.69, 9.17) is 13.9 Å². The van der Waals surface area contributed by atoms with Crippen LogP contribution < -0.4 is 20.1 Å². The molecule has 4 rings (SSSR count). The lowest BCUT2D eigenvalue weighted by Gasteiger charge is -2.11. The summed E-state index contributed by atoms with van der Waals surface area (Å²) in [7, 11) is 3.14. The molecule has 0 saturated heterocycles. The standard InChI is InChI=1S/C25H24N2O5/c1-30-17-11-9-16(10-12-17)25(29)26-13-5-8-24(28)27-20-15-22-19(14-23(20)31-2)18-6-3-4-7-21(18)32-22/h3-4,6-7,9-12,14-15H,5,8,13H2,1-2H3,(H,26,29)(H,27,28). The molecule has 0 aliphatic carbocycles. The Labute approximate surface area is 185 Å². The van der Waals surface area contributed by atoms with Crippen LogP contribution in [-0.4, -0.2) is 32.6 Å². The monoisotopic (exact) mass is 432 g/mol. The molecular formula is C25H24N2O5. The topological polar surface area (TPSA) is 89.8 Å². The van der Waals surface area contributed by atoms with Crippen molar-refractivity contribution < 1.29 is 23.5 Å². The summed E-state index contributed by atoms with van der Waals surface area (Å²) >= 11 is 0. The van der Waals surface area contributed by atoms with Crippen LogP contribution in [0.5, 0.6) is 11.5 Å². The largest absolute Gasteiger partial charge is 0.497 e. The van der Waals surface area contributed by atoms with Crippen molar-refractivity contribution in [1.82, 2.24) is 5.32 Å². The molecule has 0 spiro atoms. The Hall–Kier alpha value is -4.00. The van der Waals surface area contributed by atoms with Gasteiger partial charge in [0.25, 0.3) is 5.91 Å². The first-order chi connectivity index (χ1) is 15.6. The van der Waals surface area contributed by atoms with E-state index in [-0.39, 0.29) is 18.2 Å². The minimum absolute atomic E-state index is 0.169. The van der Waals surface area contributed by atoms with Gasteiger partial charge >= 0.3 is 0 Å². The van der Waals surface area contributed by atoms with Gasteiger partial charge in [-0.2, -0.15) is 0 Å². The zero-order valence-electron chi connectivity index (χ0n) is 17.9. The summed E-state index contributed by atoms with van der Waals surface area (Å²) < 4.78 is 16.5. The van der Waals surface area contributed by atoms with Gasteiger partial charge in [-0.25, -0.2) is 0 Å². The Morgan fingerprint density at radius 2 is 1.69 bits per heavy atom. The summed E-state index contributed by atoms with van der Waals surface area (Å²) in [6, 6.07) is 18.2. The average molecular weight is 432 g/mol. The molecule has 4 aromatic rings. The fourth-order valence-corrected chi connectivity index (χ4v) is 3.53. The summed E-state index contributed by atoms with van der Waals surface area (Å²) in [5.74, 6) is 0.891. The number of carbonyl (C=O) groups excluding carboxylic acids is 2. The number of fused-ring (bicyclic) bond motifs is 3. The molecule has 0 unspecified atom stereocenters. The number of benzene rings is 3. The van der Waals surface area contributed by atoms with E-state index in [9.17, 15) is 9.59 Å². The first kappa shape index (κ1) is 21.2. The van der Waals surface area contributed by atoms with Crippen molar-refractivity contribution in [1.29, 1.82) is 0 Å². The highest BCUT2D eigenvalue weighted by atomic mass is 16.5. The molecule has 7 heteroatoms. The van der Waals surface area contributed by atoms with Crippen molar-refractivity contribution >= 4 is 39.4 Å². The smallest absolute Gasteiger partial charge is 0.251 e. The Kier molecular flexibility index (Phi) is 6.26. The second-order valence-electron chi connectivity index (χ2n) is 7.28. The lowest BCUT2D eigenvalue weighted by Crippen LogP contribution is -2.25. The van der Waals surface area contributed by atoms with Gasteiger partial charge in [0, 0.05) is 35.4 Å². The van der Waals surface area contributed by atoms with E-state index in [1.54, 1.807) is 44.6 Å². The number of rotatable bonds is 8. The van der Waals surface area contributed by atoms with E-state index in [1.165, 1.54) is 0 Å². The normalized spacial score (nSPS) is 10.8. The van der Waals surface area contributed by atoms with Crippen LogP contribution in [0.25, 0.3) is 21.9 Å². The third kappa shape index (κ3) is 4.51. The second kappa shape index (κ2) is 9.43. The van der Waals surface area contributed by atoms with Gasteiger partial charge in [-0.15, -0.1) is 0 Å². The molecule has 2 N–H and O–H groups in total. The Bertz CT molecular complexity index is 1260. The van der Waals surface area contributed by atoms with E-state index in [2.05, 4.69) is 10.6 Å². The fourth-order valence-electron chi connectivity index (χ4n) is 3.53. The molecule has 2 amide bonds. The van der Waals surface area contributed by atoms with E-state index >= 15 is 0 Å². The highest BCUT2D eigenvalue weighted by Gasteiger charge is 2.14. The molecule has 0 saturated carbocycles. The molecule has 0 atom stereocenters. The number of para-hydroxylation sites is 1.